The monoisotopic (exact) mass is 483 g/mol. The number of unbranched alkanes of at least 4 members (excludes halogenated alkanes) is 1. The van der Waals surface area contributed by atoms with Crippen molar-refractivity contribution in [1.82, 2.24) is 5.32 Å². The first-order valence-corrected chi connectivity index (χ1v) is 11.6. The maximum absolute atomic E-state index is 12.9. The summed E-state index contributed by atoms with van der Waals surface area (Å²) in [6.07, 6.45) is 7.48. The molecule has 0 saturated carbocycles. The summed E-state index contributed by atoms with van der Waals surface area (Å²) in [6.45, 7) is 6.16. The smallest absolute Gasteiger partial charge is 0.410 e. The van der Waals surface area contributed by atoms with Gasteiger partial charge in [0.25, 0.3) is 0 Å². The third kappa shape index (κ3) is 8.48. The molecule has 188 valence electrons. The van der Waals surface area contributed by atoms with Gasteiger partial charge in [-0.1, -0.05) is 38.5 Å². The van der Waals surface area contributed by atoms with Crippen molar-refractivity contribution < 1.29 is 28.6 Å². The number of allylic oxidation sites excluding steroid dienone is 2. The number of ether oxygens (including phenoxy) is 2. The van der Waals surface area contributed by atoms with Crippen LogP contribution < -0.4 is 15.7 Å². The van der Waals surface area contributed by atoms with E-state index in [-0.39, 0.29) is 17.3 Å². The summed E-state index contributed by atoms with van der Waals surface area (Å²) >= 11 is 0. The van der Waals surface area contributed by atoms with Crippen LogP contribution in [0.2, 0.25) is 0 Å². The van der Waals surface area contributed by atoms with Crippen molar-refractivity contribution in [1.29, 1.82) is 0 Å². The molecule has 0 fully saturated rings. The zero-order chi connectivity index (χ0) is 25.8. The van der Waals surface area contributed by atoms with Gasteiger partial charge in [0.1, 0.15) is 22.8 Å². The molecule has 2 rings (SSSR count). The first-order chi connectivity index (χ1) is 16.8. The molecule has 0 radical (unpaired) electrons. The number of aromatic hydroxyl groups is 1. The standard InChI is InChI=1S/C27H33NO7/c1-5-6-15-34-21-12-10-20(11-13-21)16-19(3)25(30)24-22(29)17-23(35-26(24)31)18(2)9-7-8-14-28-27(32)33-4/h8,10-14,16-18,29H,5-7,9,15H2,1-4H3,(H,28,32)/b14-8+,19-16+. The Morgan fingerprint density at radius 2 is 1.94 bits per heavy atom. The van der Waals surface area contributed by atoms with Gasteiger partial charge in [-0.05, 0) is 55.5 Å². The quantitative estimate of drug-likeness (QED) is 0.231. The topological polar surface area (TPSA) is 115 Å². The molecule has 1 unspecified atom stereocenters. The molecule has 8 heteroatoms. The molecule has 0 aliphatic carbocycles. The number of nitrogens with one attached hydrogen (secondary N) is 1. The molecule has 2 aromatic rings. The van der Waals surface area contributed by atoms with Gasteiger partial charge in [-0.25, -0.2) is 9.59 Å². The van der Waals surface area contributed by atoms with Crippen molar-refractivity contribution >= 4 is 18.0 Å². The Hall–Kier alpha value is -3.81. The molecule has 1 atom stereocenters. The van der Waals surface area contributed by atoms with Crippen LogP contribution in [0.1, 0.15) is 74.1 Å². The minimum absolute atomic E-state index is 0.199. The molecule has 8 nitrogen and oxygen atoms in total. The number of alkyl carbamates (subject to hydrolysis) is 1. The molecule has 0 aliphatic rings. The number of rotatable bonds is 12. The van der Waals surface area contributed by atoms with E-state index in [0.717, 1.165) is 24.2 Å². The molecule has 1 amide bonds. The number of Topliss-reactive ketones (excluding diaryl/α,β-unsaturated/α-hetero) is 1. The maximum Gasteiger partial charge on any atom is 0.410 e. The number of hydrogen-bond acceptors (Lipinski definition) is 7. The van der Waals surface area contributed by atoms with Crippen molar-refractivity contribution in [3.05, 3.63) is 75.5 Å². The minimum atomic E-state index is -0.882. The van der Waals surface area contributed by atoms with E-state index in [1.165, 1.54) is 19.4 Å². The van der Waals surface area contributed by atoms with Gasteiger partial charge in [0.15, 0.2) is 5.78 Å². The fourth-order valence-electron chi connectivity index (χ4n) is 3.22. The largest absolute Gasteiger partial charge is 0.507 e. The van der Waals surface area contributed by atoms with Crippen LogP contribution in [0.15, 0.2) is 57.4 Å². The van der Waals surface area contributed by atoms with E-state index in [2.05, 4.69) is 17.0 Å². The molecule has 1 aromatic heterocycles. The highest BCUT2D eigenvalue weighted by atomic mass is 16.5. The second kappa shape index (κ2) is 13.8. The van der Waals surface area contributed by atoms with Crippen LogP contribution in [0, 0.1) is 0 Å². The Morgan fingerprint density at radius 1 is 1.23 bits per heavy atom. The first kappa shape index (κ1) is 27.4. The molecule has 0 spiro atoms. The number of hydrogen-bond donors (Lipinski definition) is 2. The van der Waals surface area contributed by atoms with Crippen LogP contribution in [0.3, 0.4) is 0 Å². The van der Waals surface area contributed by atoms with E-state index in [0.29, 0.717) is 19.4 Å². The Balaban J connectivity index is 2.07. The highest BCUT2D eigenvalue weighted by Gasteiger charge is 2.22. The SMILES string of the molecule is CCCCOc1ccc(/C=C(\C)C(=O)c2c(O)cc(C(C)CC/C=C/NC(=O)OC)oc2=O)cc1. The molecular weight excluding hydrogens is 450 g/mol. The number of benzene rings is 1. The normalized spacial score (nSPS) is 12.4. The van der Waals surface area contributed by atoms with Crippen LogP contribution in [-0.4, -0.2) is 30.7 Å². The van der Waals surface area contributed by atoms with E-state index in [9.17, 15) is 19.5 Å². The molecule has 1 heterocycles. The number of amides is 1. The highest BCUT2D eigenvalue weighted by Crippen LogP contribution is 2.26. The fourth-order valence-corrected chi connectivity index (χ4v) is 3.22. The van der Waals surface area contributed by atoms with E-state index in [1.54, 1.807) is 19.1 Å². The van der Waals surface area contributed by atoms with E-state index in [1.807, 2.05) is 31.2 Å². The third-order valence-corrected chi connectivity index (χ3v) is 5.32. The number of ketones is 1. The molecule has 2 N–H and O–H groups in total. The lowest BCUT2D eigenvalue weighted by molar-refractivity contribution is 0.102. The number of carbonyl (C=O) groups excluding carboxylic acids is 2. The molecule has 35 heavy (non-hydrogen) atoms. The predicted molar refractivity (Wildman–Crippen MR) is 134 cm³/mol. The summed E-state index contributed by atoms with van der Waals surface area (Å²) in [5, 5.41) is 12.9. The Labute approximate surface area is 205 Å². The Bertz CT molecular complexity index is 1110. The minimum Gasteiger partial charge on any atom is -0.507 e. The van der Waals surface area contributed by atoms with Gasteiger partial charge in [-0.2, -0.15) is 0 Å². The van der Waals surface area contributed by atoms with Crippen molar-refractivity contribution in [3.8, 4) is 11.5 Å². The molecule has 1 aromatic carbocycles. The fraction of sp³-hybridized carbons (Fsp3) is 0.370. The summed E-state index contributed by atoms with van der Waals surface area (Å²) < 4.78 is 15.4. The van der Waals surface area contributed by atoms with E-state index >= 15 is 0 Å². The van der Waals surface area contributed by atoms with Crippen molar-refractivity contribution in [2.24, 2.45) is 0 Å². The van der Waals surface area contributed by atoms with E-state index in [4.69, 9.17) is 9.15 Å². The molecule has 0 aliphatic heterocycles. The molecular formula is C27H33NO7. The average molecular weight is 484 g/mol. The zero-order valence-corrected chi connectivity index (χ0v) is 20.6. The maximum atomic E-state index is 12.9. The average Bonchev–Trinajstić information content (AvgIpc) is 2.84. The highest BCUT2D eigenvalue weighted by molar-refractivity contribution is 6.12. The zero-order valence-electron chi connectivity index (χ0n) is 20.6. The molecule has 0 bridgehead atoms. The summed E-state index contributed by atoms with van der Waals surface area (Å²) in [5.41, 5.74) is -0.220. The van der Waals surface area contributed by atoms with Crippen molar-refractivity contribution in [2.75, 3.05) is 13.7 Å². The van der Waals surface area contributed by atoms with Gasteiger partial charge in [0, 0.05) is 18.2 Å². The Morgan fingerprint density at radius 3 is 2.57 bits per heavy atom. The lowest BCUT2D eigenvalue weighted by Gasteiger charge is -2.11. The van der Waals surface area contributed by atoms with Crippen LogP contribution in [0.5, 0.6) is 11.5 Å². The summed E-state index contributed by atoms with van der Waals surface area (Å²) in [5.74, 6) is -0.189. The van der Waals surface area contributed by atoms with Crippen molar-refractivity contribution in [3.63, 3.8) is 0 Å². The van der Waals surface area contributed by atoms with Crippen molar-refractivity contribution in [2.45, 2.75) is 52.4 Å². The number of carbonyl (C=O) groups is 2. The molecule has 0 saturated heterocycles. The van der Waals surface area contributed by atoms with Gasteiger partial charge in [0.2, 0.25) is 0 Å². The van der Waals surface area contributed by atoms with E-state index < -0.39 is 28.8 Å². The second-order valence-electron chi connectivity index (χ2n) is 8.14. The van der Waals surface area contributed by atoms with Gasteiger partial charge in [-0.15, -0.1) is 0 Å². The third-order valence-electron chi connectivity index (χ3n) is 5.32. The van der Waals surface area contributed by atoms with Crippen LogP contribution >= 0.6 is 0 Å². The lowest BCUT2D eigenvalue weighted by Crippen LogP contribution is -2.16. The van der Waals surface area contributed by atoms with Crippen LogP contribution in [0.25, 0.3) is 6.08 Å². The number of methoxy groups -OCH3 is 1. The lowest BCUT2D eigenvalue weighted by atomic mass is 9.99. The van der Waals surface area contributed by atoms with Gasteiger partial charge < -0.3 is 19.0 Å². The first-order valence-electron chi connectivity index (χ1n) is 11.6. The van der Waals surface area contributed by atoms with Crippen LogP contribution in [0.4, 0.5) is 4.79 Å². The van der Waals surface area contributed by atoms with Gasteiger partial charge >= 0.3 is 11.7 Å². The summed E-state index contributed by atoms with van der Waals surface area (Å²) in [4.78, 5) is 36.4. The predicted octanol–water partition coefficient (Wildman–Crippen LogP) is 5.56. The van der Waals surface area contributed by atoms with Crippen LogP contribution in [-0.2, 0) is 4.74 Å². The summed E-state index contributed by atoms with van der Waals surface area (Å²) in [7, 11) is 1.27. The second-order valence-corrected chi connectivity index (χ2v) is 8.14. The Kier molecular flexibility index (Phi) is 10.8. The summed E-state index contributed by atoms with van der Waals surface area (Å²) in [6, 6.07) is 8.59. The van der Waals surface area contributed by atoms with Gasteiger partial charge in [0.05, 0.1) is 13.7 Å². The van der Waals surface area contributed by atoms with Gasteiger partial charge in [-0.3, -0.25) is 10.1 Å².